The predicted octanol–water partition coefficient (Wildman–Crippen LogP) is 5.61. The molecule has 154 valence electrons. The van der Waals surface area contributed by atoms with Crippen molar-refractivity contribution in [3.8, 4) is 0 Å². The molecule has 1 aliphatic heterocycles. The van der Waals surface area contributed by atoms with Crippen LogP contribution in [0.3, 0.4) is 0 Å². The van der Waals surface area contributed by atoms with Crippen molar-refractivity contribution in [1.82, 2.24) is 0 Å². The van der Waals surface area contributed by atoms with E-state index in [1.165, 1.54) is 35.2 Å². The zero-order valence-corrected chi connectivity index (χ0v) is 18.4. The lowest BCUT2D eigenvalue weighted by Crippen LogP contribution is -2.30. The highest BCUT2D eigenvalue weighted by Gasteiger charge is 2.43. The molecular formula is C25H17FINO3. The Labute approximate surface area is 192 Å². The Morgan fingerprint density at radius 2 is 1.61 bits per heavy atom. The van der Waals surface area contributed by atoms with Crippen LogP contribution in [0.2, 0.25) is 0 Å². The van der Waals surface area contributed by atoms with Crippen molar-refractivity contribution in [1.29, 1.82) is 0 Å². The molecule has 4 nitrogen and oxygen atoms in total. The lowest BCUT2D eigenvalue weighted by molar-refractivity contribution is -0.117. The number of rotatable bonds is 5. The van der Waals surface area contributed by atoms with Crippen molar-refractivity contribution >= 4 is 46.0 Å². The molecule has 0 radical (unpaired) electrons. The van der Waals surface area contributed by atoms with Crippen molar-refractivity contribution in [2.75, 3.05) is 4.90 Å². The second-order valence-electron chi connectivity index (χ2n) is 6.98. The third kappa shape index (κ3) is 4.29. The van der Waals surface area contributed by atoms with Gasteiger partial charge in [0.1, 0.15) is 5.82 Å². The van der Waals surface area contributed by atoms with Gasteiger partial charge in [-0.25, -0.2) is 4.39 Å². The zero-order chi connectivity index (χ0) is 22.0. The van der Waals surface area contributed by atoms with Crippen LogP contribution in [0.15, 0.2) is 96.3 Å². The van der Waals surface area contributed by atoms with E-state index in [1.54, 1.807) is 18.2 Å². The number of halogens is 2. The number of carbonyl (C=O) groups excluding carboxylic acids is 2. The Kier molecular flexibility index (Phi) is 5.99. The van der Waals surface area contributed by atoms with Gasteiger partial charge in [0.15, 0.2) is 11.5 Å². The number of ketones is 1. The zero-order valence-electron chi connectivity index (χ0n) is 16.2. The molecule has 0 bridgehead atoms. The van der Waals surface area contributed by atoms with Gasteiger partial charge in [0.05, 0.1) is 11.6 Å². The van der Waals surface area contributed by atoms with Gasteiger partial charge in [0.2, 0.25) is 0 Å². The lowest BCUT2D eigenvalue weighted by Gasteiger charge is -2.26. The van der Waals surface area contributed by atoms with Crippen LogP contribution in [0.4, 0.5) is 10.1 Å². The fraction of sp³-hybridized carbons (Fsp3) is 0.0400. The van der Waals surface area contributed by atoms with Gasteiger partial charge in [-0.3, -0.25) is 14.5 Å². The predicted molar refractivity (Wildman–Crippen MR) is 126 cm³/mol. The number of amides is 1. The molecule has 1 heterocycles. The molecule has 6 heteroatoms. The highest BCUT2D eigenvalue weighted by atomic mass is 127. The molecule has 0 saturated heterocycles. The smallest absolute Gasteiger partial charge is 0.294 e. The minimum atomic E-state index is -0.874. The Morgan fingerprint density at radius 1 is 0.968 bits per heavy atom. The maximum absolute atomic E-state index is 13.5. The molecule has 4 rings (SSSR count). The molecule has 1 unspecified atom stereocenters. The molecule has 31 heavy (non-hydrogen) atoms. The fourth-order valence-corrected chi connectivity index (χ4v) is 3.87. The minimum Gasteiger partial charge on any atom is -0.503 e. The SMILES string of the molecule is O=C(C=Cc1ccccc1)C1=C(O)C(=O)N(c2ccc(I)cc2)C1c1ccc(F)cc1. The molecule has 0 spiro atoms. The standard InChI is InChI=1S/C25H17FINO3/c26-18-9-7-17(8-10-18)23-22(21(29)15-6-16-4-2-1-3-5-16)24(30)25(31)28(23)20-13-11-19(27)12-14-20/h1-15,23,30H. The molecular weight excluding hydrogens is 508 g/mol. The first-order valence-corrected chi connectivity index (χ1v) is 10.6. The third-order valence-corrected chi connectivity index (χ3v) is 5.71. The maximum Gasteiger partial charge on any atom is 0.294 e. The summed E-state index contributed by atoms with van der Waals surface area (Å²) < 4.78 is 14.5. The van der Waals surface area contributed by atoms with Crippen molar-refractivity contribution in [3.63, 3.8) is 0 Å². The lowest BCUT2D eigenvalue weighted by atomic mass is 9.95. The van der Waals surface area contributed by atoms with E-state index in [1.807, 2.05) is 42.5 Å². The topological polar surface area (TPSA) is 57.6 Å². The van der Waals surface area contributed by atoms with Crippen LogP contribution in [-0.4, -0.2) is 16.8 Å². The number of hydrogen-bond acceptors (Lipinski definition) is 3. The van der Waals surface area contributed by atoms with Crippen LogP contribution in [0.25, 0.3) is 6.08 Å². The van der Waals surface area contributed by atoms with E-state index in [2.05, 4.69) is 22.6 Å². The largest absolute Gasteiger partial charge is 0.503 e. The Hall–Kier alpha value is -3.26. The van der Waals surface area contributed by atoms with Crippen molar-refractivity contribution in [2.45, 2.75) is 6.04 Å². The summed E-state index contributed by atoms with van der Waals surface area (Å²) in [5, 5.41) is 10.7. The first-order valence-electron chi connectivity index (χ1n) is 9.51. The molecule has 3 aromatic carbocycles. The Balaban J connectivity index is 1.78. The molecule has 1 atom stereocenters. The van der Waals surface area contributed by atoms with E-state index in [-0.39, 0.29) is 5.57 Å². The van der Waals surface area contributed by atoms with Gasteiger partial charge in [-0.1, -0.05) is 48.5 Å². The second-order valence-corrected chi connectivity index (χ2v) is 8.22. The summed E-state index contributed by atoms with van der Waals surface area (Å²) in [6.45, 7) is 0. The third-order valence-electron chi connectivity index (χ3n) is 4.99. The molecule has 3 aromatic rings. The molecule has 0 saturated carbocycles. The van der Waals surface area contributed by atoms with E-state index < -0.39 is 29.3 Å². The summed E-state index contributed by atoms with van der Waals surface area (Å²) in [6.07, 6.45) is 2.96. The van der Waals surface area contributed by atoms with E-state index in [4.69, 9.17) is 0 Å². The monoisotopic (exact) mass is 525 g/mol. The number of anilines is 1. The second kappa shape index (κ2) is 8.85. The number of aliphatic hydroxyl groups is 1. The number of aliphatic hydroxyl groups excluding tert-OH is 1. The molecule has 1 aliphatic rings. The van der Waals surface area contributed by atoms with E-state index in [9.17, 15) is 19.1 Å². The number of nitrogens with zero attached hydrogens (tertiary/aromatic N) is 1. The quantitative estimate of drug-likeness (QED) is 0.348. The van der Waals surface area contributed by atoms with E-state index in [0.717, 1.165) is 9.13 Å². The van der Waals surface area contributed by atoms with E-state index in [0.29, 0.717) is 11.3 Å². The summed E-state index contributed by atoms with van der Waals surface area (Å²) in [4.78, 5) is 27.5. The summed E-state index contributed by atoms with van der Waals surface area (Å²) in [6, 6.07) is 21.1. The maximum atomic E-state index is 13.5. The first kappa shape index (κ1) is 21.0. The molecule has 0 aliphatic carbocycles. The molecule has 0 aromatic heterocycles. The normalized spacial score (nSPS) is 16.4. The number of hydrogen-bond donors (Lipinski definition) is 1. The van der Waals surface area contributed by atoms with Gasteiger partial charge < -0.3 is 5.11 Å². The van der Waals surface area contributed by atoms with Gasteiger partial charge in [0, 0.05) is 9.26 Å². The Morgan fingerprint density at radius 3 is 2.26 bits per heavy atom. The molecule has 1 N–H and O–H groups in total. The van der Waals surface area contributed by atoms with Crippen LogP contribution < -0.4 is 4.90 Å². The van der Waals surface area contributed by atoms with Crippen LogP contribution in [-0.2, 0) is 9.59 Å². The highest BCUT2D eigenvalue weighted by Crippen LogP contribution is 2.41. The average molecular weight is 525 g/mol. The summed E-state index contributed by atoms with van der Waals surface area (Å²) in [5.41, 5.74) is 1.82. The molecule has 0 fully saturated rings. The van der Waals surface area contributed by atoms with Crippen molar-refractivity contribution < 1.29 is 19.1 Å². The van der Waals surface area contributed by atoms with Crippen molar-refractivity contribution in [3.05, 3.63) is 117 Å². The van der Waals surface area contributed by atoms with Gasteiger partial charge in [-0.2, -0.15) is 0 Å². The van der Waals surface area contributed by atoms with Crippen LogP contribution >= 0.6 is 22.6 Å². The summed E-state index contributed by atoms with van der Waals surface area (Å²) in [5.74, 6) is -2.20. The summed E-state index contributed by atoms with van der Waals surface area (Å²) >= 11 is 2.15. The Bertz CT molecular complexity index is 1190. The van der Waals surface area contributed by atoms with E-state index >= 15 is 0 Å². The van der Waals surface area contributed by atoms with Gasteiger partial charge in [-0.05, 0) is 76.2 Å². The number of allylic oxidation sites excluding steroid dienone is 1. The van der Waals surface area contributed by atoms with Crippen LogP contribution in [0, 0.1) is 9.39 Å². The fourth-order valence-electron chi connectivity index (χ4n) is 3.51. The van der Waals surface area contributed by atoms with Gasteiger partial charge in [0.25, 0.3) is 5.91 Å². The van der Waals surface area contributed by atoms with Gasteiger partial charge in [-0.15, -0.1) is 0 Å². The van der Waals surface area contributed by atoms with Crippen LogP contribution in [0.1, 0.15) is 17.2 Å². The number of benzene rings is 3. The summed E-state index contributed by atoms with van der Waals surface area (Å²) in [7, 11) is 0. The number of carbonyl (C=O) groups is 2. The first-order chi connectivity index (χ1) is 15.0. The highest BCUT2D eigenvalue weighted by molar-refractivity contribution is 14.1. The van der Waals surface area contributed by atoms with Gasteiger partial charge >= 0.3 is 0 Å². The minimum absolute atomic E-state index is 0.0395. The van der Waals surface area contributed by atoms with Crippen LogP contribution in [0.5, 0.6) is 0 Å². The average Bonchev–Trinajstić information content (AvgIpc) is 3.05. The van der Waals surface area contributed by atoms with Crippen molar-refractivity contribution in [2.24, 2.45) is 0 Å². The molecule has 1 amide bonds.